The zero-order valence-corrected chi connectivity index (χ0v) is 12.5. The van der Waals surface area contributed by atoms with Gasteiger partial charge in [-0.3, -0.25) is 10.1 Å². The van der Waals surface area contributed by atoms with Crippen molar-refractivity contribution < 1.29 is 4.79 Å². The summed E-state index contributed by atoms with van der Waals surface area (Å²) >= 11 is 3.65. The first-order valence-electron chi connectivity index (χ1n) is 6.39. The van der Waals surface area contributed by atoms with E-state index >= 15 is 0 Å². The molecule has 2 heterocycles. The number of thioether (sulfide) groups is 1. The Morgan fingerprint density at radius 1 is 1.67 bits per heavy atom. The number of rotatable bonds is 6. The van der Waals surface area contributed by atoms with Crippen LogP contribution in [0.25, 0.3) is 0 Å². The second-order valence-electron chi connectivity index (χ2n) is 4.43. The summed E-state index contributed by atoms with van der Waals surface area (Å²) in [5, 5.41) is 5.38. The van der Waals surface area contributed by atoms with Crippen LogP contribution in [-0.2, 0) is 4.79 Å². The average Bonchev–Trinajstić information content (AvgIpc) is 2.97. The van der Waals surface area contributed by atoms with E-state index in [2.05, 4.69) is 30.6 Å². The molecule has 2 rings (SSSR count). The van der Waals surface area contributed by atoms with Crippen molar-refractivity contribution in [3.8, 4) is 0 Å². The average molecular weight is 284 g/mol. The van der Waals surface area contributed by atoms with Crippen LogP contribution in [0.3, 0.4) is 0 Å². The third-order valence-corrected chi connectivity index (χ3v) is 5.04. The predicted octanol–water partition coefficient (Wildman–Crippen LogP) is 2.71. The van der Waals surface area contributed by atoms with Gasteiger partial charge in [-0.15, -0.1) is 11.3 Å². The first-order valence-corrected chi connectivity index (χ1v) is 8.43. The van der Waals surface area contributed by atoms with Gasteiger partial charge in [0, 0.05) is 10.9 Å². The van der Waals surface area contributed by atoms with Gasteiger partial charge < -0.3 is 4.90 Å². The van der Waals surface area contributed by atoms with Crippen LogP contribution < -0.4 is 5.32 Å². The fourth-order valence-corrected chi connectivity index (χ4v) is 3.83. The second kappa shape index (κ2) is 6.59. The summed E-state index contributed by atoms with van der Waals surface area (Å²) in [4.78, 5) is 15.3. The Hall–Kier alpha value is -0.520. The monoisotopic (exact) mass is 284 g/mol. The van der Waals surface area contributed by atoms with Gasteiger partial charge in [-0.05, 0) is 36.3 Å². The van der Waals surface area contributed by atoms with Crippen LogP contribution in [0.5, 0.6) is 0 Å². The lowest BCUT2D eigenvalue weighted by Crippen LogP contribution is -2.37. The molecule has 0 saturated carbocycles. The maximum Gasteiger partial charge on any atom is 0.238 e. The molecule has 1 saturated heterocycles. The van der Waals surface area contributed by atoms with Crippen molar-refractivity contribution in [3.63, 3.8) is 0 Å². The molecule has 0 radical (unpaired) electrons. The van der Waals surface area contributed by atoms with Gasteiger partial charge in [0.15, 0.2) is 0 Å². The molecule has 0 aromatic carbocycles. The van der Waals surface area contributed by atoms with Crippen LogP contribution in [0.15, 0.2) is 17.5 Å². The minimum atomic E-state index is 0.0825. The van der Waals surface area contributed by atoms with E-state index in [-0.39, 0.29) is 12.1 Å². The molecule has 5 heteroatoms. The SMILES string of the molecule is CCSCCC(C)N1C(=O)CNC1c1cccs1. The van der Waals surface area contributed by atoms with E-state index in [1.807, 2.05) is 22.7 Å². The van der Waals surface area contributed by atoms with E-state index in [1.165, 1.54) is 4.88 Å². The van der Waals surface area contributed by atoms with E-state index in [9.17, 15) is 4.79 Å². The van der Waals surface area contributed by atoms with E-state index in [0.29, 0.717) is 12.6 Å². The summed E-state index contributed by atoms with van der Waals surface area (Å²) in [6.07, 6.45) is 1.15. The molecule has 0 aliphatic carbocycles. The van der Waals surface area contributed by atoms with Gasteiger partial charge in [0.1, 0.15) is 6.17 Å². The van der Waals surface area contributed by atoms with Crippen molar-refractivity contribution in [1.82, 2.24) is 10.2 Å². The van der Waals surface area contributed by atoms with E-state index in [0.717, 1.165) is 17.9 Å². The zero-order chi connectivity index (χ0) is 13.0. The normalized spacial score (nSPS) is 21.6. The minimum absolute atomic E-state index is 0.0825. The van der Waals surface area contributed by atoms with E-state index in [4.69, 9.17) is 0 Å². The third kappa shape index (κ3) is 3.08. The molecular formula is C13H20N2OS2. The van der Waals surface area contributed by atoms with Crippen molar-refractivity contribution in [2.45, 2.75) is 32.5 Å². The van der Waals surface area contributed by atoms with Gasteiger partial charge in [0.25, 0.3) is 0 Å². The van der Waals surface area contributed by atoms with Crippen LogP contribution in [0, 0.1) is 0 Å². The van der Waals surface area contributed by atoms with Gasteiger partial charge in [-0.25, -0.2) is 0 Å². The standard InChI is InChI=1S/C13H20N2OS2/c1-3-17-8-6-10(2)15-12(16)9-14-13(15)11-5-4-7-18-11/h4-5,7,10,13-14H,3,6,8-9H2,1-2H3. The highest BCUT2D eigenvalue weighted by Crippen LogP contribution is 2.29. The largest absolute Gasteiger partial charge is 0.318 e. The Balaban J connectivity index is 2.01. The second-order valence-corrected chi connectivity index (χ2v) is 6.81. The molecule has 1 aliphatic heterocycles. The van der Waals surface area contributed by atoms with Crippen LogP contribution in [-0.4, -0.2) is 34.9 Å². The Bertz CT molecular complexity index is 380. The number of carbonyl (C=O) groups excluding carboxylic acids is 1. The molecule has 1 aromatic heterocycles. The number of hydrogen-bond acceptors (Lipinski definition) is 4. The molecule has 18 heavy (non-hydrogen) atoms. The quantitative estimate of drug-likeness (QED) is 0.815. The number of amides is 1. The molecule has 2 unspecified atom stereocenters. The van der Waals surface area contributed by atoms with Crippen molar-refractivity contribution in [2.24, 2.45) is 0 Å². The van der Waals surface area contributed by atoms with Crippen molar-refractivity contribution in [1.29, 1.82) is 0 Å². The molecule has 1 aromatic rings. The summed E-state index contributed by atoms with van der Waals surface area (Å²) in [6, 6.07) is 4.44. The van der Waals surface area contributed by atoms with Crippen molar-refractivity contribution in [2.75, 3.05) is 18.1 Å². The molecular weight excluding hydrogens is 264 g/mol. The maximum atomic E-state index is 12.0. The van der Waals surface area contributed by atoms with Crippen LogP contribution in [0.1, 0.15) is 31.3 Å². The van der Waals surface area contributed by atoms with Crippen molar-refractivity contribution in [3.05, 3.63) is 22.4 Å². The van der Waals surface area contributed by atoms with Gasteiger partial charge >= 0.3 is 0 Å². The maximum absolute atomic E-state index is 12.0. The Morgan fingerprint density at radius 2 is 2.50 bits per heavy atom. The molecule has 1 amide bonds. The lowest BCUT2D eigenvalue weighted by atomic mass is 10.2. The number of carbonyl (C=O) groups is 1. The number of nitrogens with zero attached hydrogens (tertiary/aromatic N) is 1. The summed E-state index contributed by atoms with van der Waals surface area (Å²) in [6.45, 7) is 4.79. The number of hydrogen-bond donors (Lipinski definition) is 1. The Kier molecular flexibility index (Phi) is 5.09. The summed E-state index contributed by atoms with van der Waals surface area (Å²) in [5.74, 6) is 2.49. The molecule has 2 atom stereocenters. The molecule has 1 N–H and O–H groups in total. The van der Waals surface area contributed by atoms with Crippen LogP contribution in [0.4, 0.5) is 0 Å². The first kappa shape index (κ1) is 13.9. The van der Waals surface area contributed by atoms with E-state index in [1.54, 1.807) is 11.3 Å². The number of nitrogens with one attached hydrogen (secondary N) is 1. The lowest BCUT2D eigenvalue weighted by Gasteiger charge is -2.29. The Morgan fingerprint density at radius 3 is 3.17 bits per heavy atom. The third-order valence-electron chi connectivity index (χ3n) is 3.18. The van der Waals surface area contributed by atoms with Crippen LogP contribution in [0.2, 0.25) is 0 Å². The smallest absolute Gasteiger partial charge is 0.238 e. The fraction of sp³-hybridized carbons (Fsp3) is 0.615. The molecule has 3 nitrogen and oxygen atoms in total. The molecule has 0 spiro atoms. The first-order chi connectivity index (χ1) is 8.74. The van der Waals surface area contributed by atoms with Gasteiger partial charge in [0.2, 0.25) is 5.91 Å². The lowest BCUT2D eigenvalue weighted by molar-refractivity contribution is -0.130. The van der Waals surface area contributed by atoms with Gasteiger partial charge in [-0.2, -0.15) is 11.8 Å². The van der Waals surface area contributed by atoms with Crippen molar-refractivity contribution >= 4 is 29.0 Å². The highest BCUT2D eigenvalue weighted by molar-refractivity contribution is 7.99. The summed E-state index contributed by atoms with van der Waals surface area (Å²) < 4.78 is 0. The topological polar surface area (TPSA) is 32.3 Å². The molecule has 0 bridgehead atoms. The molecule has 1 fully saturated rings. The number of thiophene rings is 1. The summed E-state index contributed by atoms with van der Waals surface area (Å²) in [7, 11) is 0. The highest BCUT2D eigenvalue weighted by atomic mass is 32.2. The minimum Gasteiger partial charge on any atom is -0.318 e. The molecule has 1 aliphatic rings. The van der Waals surface area contributed by atoms with Gasteiger partial charge in [0.05, 0.1) is 6.54 Å². The van der Waals surface area contributed by atoms with Crippen LogP contribution >= 0.6 is 23.1 Å². The zero-order valence-electron chi connectivity index (χ0n) is 10.9. The molecule has 100 valence electrons. The fourth-order valence-electron chi connectivity index (χ4n) is 2.24. The van der Waals surface area contributed by atoms with E-state index < -0.39 is 0 Å². The Labute approximate surface area is 117 Å². The van der Waals surface area contributed by atoms with Gasteiger partial charge in [-0.1, -0.05) is 13.0 Å². The summed E-state index contributed by atoms with van der Waals surface area (Å²) in [5.41, 5.74) is 0. The predicted molar refractivity (Wildman–Crippen MR) is 79.0 cm³/mol. The highest BCUT2D eigenvalue weighted by Gasteiger charge is 2.35.